The molecule has 1 aromatic heterocycles. The van der Waals surface area contributed by atoms with E-state index in [9.17, 15) is 4.79 Å². The Morgan fingerprint density at radius 1 is 1.42 bits per heavy atom. The first-order valence-electron chi connectivity index (χ1n) is 6.73. The van der Waals surface area contributed by atoms with Gasteiger partial charge in [0, 0.05) is 26.3 Å². The van der Waals surface area contributed by atoms with E-state index in [-0.39, 0.29) is 11.9 Å². The highest BCUT2D eigenvalue weighted by Gasteiger charge is 2.22. The molecule has 5 nitrogen and oxygen atoms in total. The molecule has 0 spiro atoms. The van der Waals surface area contributed by atoms with Gasteiger partial charge in [-0.05, 0) is 37.8 Å². The Bertz CT molecular complexity index is 413. The van der Waals surface area contributed by atoms with Gasteiger partial charge >= 0.3 is 0 Å². The molecule has 2 rings (SSSR count). The average Bonchev–Trinajstić information content (AvgIpc) is 2.48. The quantitative estimate of drug-likeness (QED) is 0.867. The maximum atomic E-state index is 12.1. The van der Waals surface area contributed by atoms with E-state index in [1.54, 1.807) is 12.3 Å². The molecular formula is C14H21N3O2. The van der Waals surface area contributed by atoms with Crippen LogP contribution in [0.1, 0.15) is 30.3 Å². The Morgan fingerprint density at radius 2 is 2.16 bits per heavy atom. The summed E-state index contributed by atoms with van der Waals surface area (Å²) in [4.78, 5) is 16.2. The van der Waals surface area contributed by atoms with Gasteiger partial charge in [0.1, 0.15) is 5.69 Å². The van der Waals surface area contributed by atoms with Gasteiger partial charge in [0.2, 0.25) is 0 Å². The molecule has 0 aromatic carbocycles. The van der Waals surface area contributed by atoms with Crippen LogP contribution in [-0.4, -0.2) is 37.2 Å². The van der Waals surface area contributed by atoms with E-state index in [0.29, 0.717) is 11.6 Å². The number of hydrogen-bond donors (Lipinski definition) is 2. The standard InChI is InChI=1S/C14H21N3O2/c1-10(11-5-7-19-8-6-11)17-14(18)13-4-3-12(15-2)9-16-13/h3-4,9-11,15H,5-8H2,1-2H3,(H,17,18). The fourth-order valence-corrected chi connectivity index (χ4v) is 2.29. The molecule has 0 bridgehead atoms. The highest BCUT2D eigenvalue weighted by atomic mass is 16.5. The van der Waals surface area contributed by atoms with E-state index in [1.807, 2.05) is 13.1 Å². The number of pyridine rings is 1. The second-order valence-electron chi connectivity index (χ2n) is 4.89. The lowest BCUT2D eigenvalue weighted by Crippen LogP contribution is -2.40. The number of rotatable bonds is 4. The molecule has 1 atom stereocenters. The number of carbonyl (C=O) groups is 1. The Balaban J connectivity index is 1.91. The molecule has 1 aliphatic heterocycles. The van der Waals surface area contributed by atoms with Crippen molar-refractivity contribution in [2.75, 3.05) is 25.6 Å². The fraction of sp³-hybridized carbons (Fsp3) is 0.571. The number of hydrogen-bond acceptors (Lipinski definition) is 4. The van der Waals surface area contributed by atoms with Crippen LogP contribution in [0.3, 0.4) is 0 Å². The Kier molecular flexibility index (Phi) is 4.74. The molecule has 0 saturated carbocycles. The minimum absolute atomic E-state index is 0.110. The summed E-state index contributed by atoms with van der Waals surface area (Å²) in [7, 11) is 1.82. The maximum absolute atomic E-state index is 12.1. The van der Waals surface area contributed by atoms with E-state index >= 15 is 0 Å². The number of anilines is 1. The number of carbonyl (C=O) groups excluding carboxylic acids is 1. The summed E-state index contributed by atoms with van der Waals surface area (Å²) in [5.74, 6) is 0.385. The Morgan fingerprint density at radius 3 is 2.74 bits per heavy atom. The summed E-state index contributed by atoms with van der Waals surface area (Å²) in [6, 6.07) is 3.74. The predicted molar refractivity (Wildman–Crippen MR) is 74.3 cm³/mol. The second kappa shape index (κ2) is 6.52. The van der Waals surface area contributed by atoms with E-state index in [2.05, 4.69) is 22.5 Å². The van der Waals surface area contributed by atoms with Crippen molar-refractivity contribution in [3.8, 4) is 0 Å². The van der Waals surface area contributed by atoms with Crippen LogP contribution < -0.4 is 10.6 Å². The summed E-state index contributed by atoms with van der Waals surface area (Å²) >= 11 is 0. The van der Waals surface area contributed by atoms with Crippen LogP contribution in [0.15, 0.2) is 18.3 Å². The van der Waals surface area contributed by atoms with Gasteiger partial charge in [-0.1, -0.05) is 0 Å². The summed E-state index contributed by atoms with van der Waals surface area (Å²) in [6.45, 7) is 3.63. The average molecular weight is 263 g/mol. The van der Waals surface area contributed by atoms with Gasteiger partial charge in [-0.3, -0.25) is 4.79 Å². The smallest absolute Gasteiger partial charge is 0.270 e. The second-order valence-corrected chi connectivity index (χ2v) is 4.89. The highest BCUT2D eigenvalue weighted by molar-refractivity contribution is 5.92. The fourth-order valence-electron chi connectivity index (χ4n) is 2.29. The zero-order valence-electron chi connectivity index (χ0n) is 11.5. The van der Waals surface area contributed by atoms with Gasteiger partial charge in [0.05, 0.1) is 11.9 Å². The van der Waals surface area contributed by atoms with Crippen molar-refractivity contribution in [3.05, 3.63) is 24.0 Å². The minimum atomic E-state index is -0.110. The molecule has 1 aromatic rings. The summed E-state index contributed by atoms with van der Waals surface area (Å²) in [6.07, 6.45) is 3.68. The first-order valence-corrected chi connectivity index (χ1v) is 6.73. The summed E-state index contributed by atoms with van der Waals surface area (Å²) in [5.41, 5.74) is 1.35. The van der Waals surface area contributed by atoms with Crippen molar-refractivity contribution in [2.45, 2.75) is 25.8 Å². The lowest BCUT2D eigenvalue weighted by Gasteiger charge is -2.28. The van der Waals surface area contributed by atoms with Crippen molar-refractivity contribution in [1.82, 2.24) is 10.3 Å². The van der Waals surface area contributed by atoms with Crippen LogP contribution in [0.5, 0.6) is 0 Å². The normalized spacial score (nSPS) is 17.8. The zero-order chi connectivity index (χ0) is 13.7. The molecule has 1 aliphatic rings. The third kappa shape index (κ3) is 3.67. The van der Waals surface area contributed by atoms with Crippen molar-refractivity contribution in [2.24, 2.45) is 5.92 Å². The summed E-state index contributed by atoms with van der Waals surface area (Å²) < 4.78 is 5.33. The molecule has 1 unspecified atom stereocenters. The van der Waals surface area contributed by atoms with Gasteiger partial charge in [-0.2, -0.15) is 0 Å². The molecule has 5 heteroatoms. The maximum Gasteiger partial charge on any atom is 0.270 e. The van der Waals surface area contributed by atoms with Crippen LogP contribution >= 0.6 is 0 Å². The lowest BCUT2D eigenvalue weighted by molar-refractivity contribution is 0.0537. The number of nitrogens with one attached hydrogen (secondary N) is 2. The largest absolute Gasteiger partial charge is 0.387 e. The van der Waals surface area contributed by atoms with E-state index in [4.69, 9.17) is 4.74 Å². The van der Waals surface area contributed by atoms with Gasteiger partial charge in [-0.25, -0.2) is 4.98 Å². The van der Waals surface area contributed by atoms with Gasteiger partial charge < -0.3 is 15.4 Å². The lowest BCUT2D eigenvalue weighted by atomic mass is 9.93. The number of aromatic nitrogens is 1. The third-order valence-corrected chi connectivity index (χ3v) is 3.62. The minimum Gasteiger partial charge on any atom is -0.387 e. The van der Waals surface area contributed by atoms with Crippen LogP contribution in [0.25, 0.3) is 0 Å². The van der Waals surface area contributed by atoms with Crippen molar-refractivity contribution in [3.63, 3.8) is 0 Å². The van der Waals surface area contributed by atoms with E-state index in [0.717, 1.165) is 31.7 Å². The molecule has 2 N–H and O–H groups in total. The predicted octanol–water partition coefficient (Wildman–Crippen LogP) is 1.67. The van der Waals surface area contributed by atoms with Crippen LogP contribution in [0.2, 0.25) is 0 Å². The monoisotopic (exact) mass is 263 g/mol. The molecule has 0 radical (unpaired) electrons. The van der Waals surface area contributed by atoms with Gasteiger partial charge in [0.15, 0.2) is 0 Å². The molecule has 0 aliphatic carbocycles. The van der Waals surface area contributed by atoms with Crippen molar-refractivity contribution >= 4 is 11.6 Å². The Labute approximate surface area is 113 Å². The Hall–Kier alpha value is -1.62. The molecule has 1 fully saturated rings. The van der Waals surface area contributed by atoms with Crippen LogP contribution in [0.4, 0.5) is 5.69 Å². The molecule has 1 amide bonds. The van der Waals surface area contributed by atoms with E-state index < -0.39 is 0 Å². The van der Waals surface area contributed by atoms with Gasteiger partial charge in [-0.15, -0.1) is 0 Å². The van der Waals surface area contributed by atoms with Crippen molar-refractivity contribution in [1.29, 1.82) is 0 Å². The SMILES string of the molecule is CNc1ccc(C(=O)NC(C)C2CCOCC2)nc1. The highest BCUT2D eigenvalue weighted by Crippen LogP contribution is 2.18. The van der Waals surface area contributed by atoms with Crippen LogP contribution in [0, 0.1) is 5.92 Å². The third-order valence-electron chi connectivity index (χ3n) is 3.62. The van der Waals surface area contributed by atoms with E-state index in [1.165, 1.54) is 0 Å². The molecule has 104 valence electrons. The summed E-state index contributed by atoms with van der Waals surface area (Å²) in [5, 5.41) is 6.00. The zero-order valence-corrected chi connectivity index (χ0v) is 11.5. The molecule has 2 heterocycles. The first-order chi connectivity index (χ1) is 9.20. The number of amides is 1. The van der Waals surface area contributed by atoms with Crippen molar-refractivity contribution < 1.29 is 9.53 Å². The molecular weight excluding hydrogens is 242 g/mol. The number of nitrogens with zero attached hydrogens (tertiary/aromatic N) is 1. The number of ether oxygens (including phenoxy) is 1. The van der Waals surface area contributed by atoms with Gasteiger partial charge in [0.25, 0.3) is 5.91 Å². The first kappa shape index (κ1) is 13.8. The molecule has 19 heavy (non-hydrogen) atoms. The topological polar surface area (TPSA) is 63.2 Å². The van der Waals surface area contributed by atoms with Crippen LogP contribution in [-0.2, 0) is 4.74 Å². The molecule has 1 saturated heterocycles.